The minimum Gasteiger partial charge on any atom is -0.354 e. The molecule has 1 aromatic heterocycles. The Morgan fingerprint density at radius 2 is 2.00 bits per heavy atom. The number of carbonyl (C=O) groups excluding carboxylic acids is 1. The van der Waals surface area contributed by atoms with E-state index < -0.39 is 0 Å². The molecule has 1 amide bonds. The molecule has 1 aliphatic heterocycles. The first-order valence-electron chi connectivity index (χ1n) is 6.35. The molecular formula is C13H18FN3O. The Morgan fingerprint density at radius 3 is 2.56 bits per heavy atom. The summed E-state index contributed by atoms with van der Waals surface area (Å²) >= 11 is 0. The molecule has 0 atom stereocenters. The third-order valence-electron chi connectivity index (χ3n) is 3.05. The molecule has 0 saturated carbocycles. The second-order valence-corrected chi connectivity index (χ2v) is 4.61. The lowest BCUT2D eigenvalue weighted by molar-refractivity contribution is -0.114. The second-order valence-electron chi connectivity index (χ2n) is 4.61. The summed E-state index contributed by atoms with van der Waals surface area (Å²) in [5, 5.41) is 2.53. The van der Waals surface area contributed by atoms with Crippen molar-refractivity contribution in [3.63, 3.8) is 0 Å². The van der Waals surface area contributed by atoms with Gasteiger partial charge in [-0.05, 0) is 12.8 Å². The van der Waals surface area contributed by atoms with Gasteiger partial charge < -0.3 is 10.2 Å². The highest BCUT2D eigenvalue weighted by molar-refractivity contribution is 5.88. The lowest BCUT2D eigenvalue weighted by Crippen LogP contribution is -2.26. The van der Waals surface area contributed by atoms with E-state index in [1.54, 1.807) is 0 Å². The molecular weight excluding hydrogens is 233 g/mol. The summed E-state index contributed by atoms with van der Waals surface area (Å²) in [5.41, 5.74) is 0.401. The lowest BCUT2D eigenvalue weighted by atomic mass is 10.2. The fourth-order valence-corrected chi connectivity index (χ4v) is 2.22. The number of nitrogens with zero attached hydrogens (tertiary/aromatic N) is 2. The van der Waals surface area contributed by atoms with Crippen molar-refractivity contribution in [1.82, 2.24) is 4.98 Å². The zero-order chi connectivity index (χ0) is 13.0. The zero-order valence-corrected chi connectivity index (χ0v) is 10.6. The Bertz CT molecular complexity index is 428. The minimum atomic E-state index is -0.372. The van der Waals surface area contributed by atoms with Gasteiger partial charge in [0.15, 0.2) is 11.6 Å². The molecule has 1 fully saturated rings. The predicted molar refractivity (Wildman–Crippen MR) is 69.2 cm³/mol. The monoisotopic (exact) mass is 251 g/mol. The van der Waals surface area contributed by atoms with E-state index >= 15 is 0 Å². The Hall–Kier alpha value is -1.65. The van der Waals surface area contributed by atoms with E-state index in [0.29, 0.717) is 11.5 Å². The van der Waals surface area contributed by atoms with E-state index in [0.717, 1.165) is 25.9 Å². The number of anilines is 2. The van der Waals surface area contributed by atoms with Crippen molar-refractivity contribution in [1.29, 1.82) is 0 Å². The van der Waals surface area contributed by atoms with E-state index in [-0.39, 0.29) is 11.7 Å². The van der Waals surface area contributed by atoms with Crippen LogP contribution in [0.15, 0.2) is 12.3 Å². The van der Waals surface area contributed by atoms with Crippen LogP contribution in [0.1, 0.15) is 32.6 Å². The van der Waals surface area contributed by atoms with E-state index in [2.05, 4.69) is 10.3 Å². The first kappa shape index (κ1) is 12.8. The average molecular weight is 251 g/mol. The zero-order valence-electron chi connectivity index (χ0n) is 10.6. The summed E-state index contributed by atoms with van der Waals surface area (Å²) in [5.74, 6) is -0.201. The molecule has 0 unspecified atom stereocenters. The summed E-state index contributed by atoms with van der Waals surface area (Å²) in [6.07, 6.45) is 6.05. The van der Waals surface area contributed by atoms with Crippen LogP contribution in [0.25, 0.3) is 0 Å². The summed E-state index contributed by atoms with van der Waals surface area (Å²) in [4.78, 5) is 17.0. The average Bonchev–Trinajstić information content (AvgIpc) is 2.57. The molecule has 0 spiro atoms. The van der Waals surface area contributed by atoms with Crippen LogP contribution in [-0.4, -0.2) is 24.0 Å². The first-order valence-corrected chi connectivity index (χ1v) is 6.35. The third kappa shape index (κ3) is 3.18. The van der Waals surface area contributed by atoms with Crippen LogP contribution < -0.4 is 10.2 Å². The summed E-state index contributed by atoms with van der Waals surface area (Å²) in [6.45, 7) is 3.09. The number of hydrogen-bond donors (Lipinski definition) is 1. The molecule has 0 aromatic carbocycles. The number of hydrogen-bond acceptors (Lipinski definition) is 3. The van der Waals surface area contributed by atoms with Gasteiger partial charge in [-0.1, -0.05) is 12.8 Å². The van der Waals surface area contributed by atoms with E-state index in [1.165, 1.54) is 32.0 Å². The van der Waals surface area contributed by atoms with Crippen molar-refractivity contribution >= 4 is 17.4 Å². The number of aromatic nitrogens is 1. The molecule has 4 nitrogen and oxygen atoms in total. The van der Waals surface area contributed by atoms with Gasteiger partial charge in [-0.3, -0.25) is 4.79 Å². The van der Waals surface area contributed by atoms with Crippen molar-refractivity contribution in [3.8, 4) is 0 Å². The van der Waals surface area contributed by atoms with Crippen LogP contribution in [0.5, 0.6) is 0 Å². The van der Waals surface area contributed by atoms with Gasteiger partial charge in [-0.25, -0.2) is 9.37 Å². The van der Waals surface area contributed by atoms with Crippen LogP contribution in [0.3, 0.4) is 0 Å². The molecule has 18 heavy (non-hydrogen) atoms. The van der Waals surface area contributed by atoms with Crippen molar-refractivity contribution in [3.05, 3.63) is 18.1 Å². The van der Waals surface area contributed by atoms with Crippen LogP contribution in [0.2, 0.25) is 0 Å². The molecule has 1 N–H and O–H groups in total. The molecule has 0 aliphatic carbocycles. The number of pyridine rings is 1. The Morgan fingerprint density at radius 1 is 1.33 bits per heavy atom. The number of carbonyl (C=O) groups is 1. The third-order valence-corrected chi connectivity index (χ3v) is 3.05. The SMILES string of the molecule is CC(=O)Nc1cnc(N2CCCCCC2)c(F)c1. The highest BCUT2D eigenvalue weighted by Crippen LogP contribution is 2.22. The molecule has 2 rings (SSSR count). The summed E-state index contributed by atoms with van der Waals surface area (Å²) in [6, 6.07) is 1.33. The van der Waals surface area contributed by atoms with E-state index in [4.69, 9.17) is 0 Å². The summed E-state index contributed by atoms with van der Waals surface area (Å²) in [7, 11) is 0. The maximum Gasteiger partial charge on any atom is 0.221 e. The normalized spacial score (nSPS) is 16.2. The van der Waals surface area contributed by atoms with Crippen LogP contribution in [0, 0.1) is 5.82 Å². The van der Waals surface area contributed by atoms with Crippen molar-refractivity contribution in [2.24, 2.45) is 0 Å². The first-order chi connectivity index (χ1) is 8.66. The van der Waals surface area contributed by atoms with Crippen LogP contribution in [-0.2, 0) is 4.79 Å². The van der Waals surface area contributed by atoms with Crippen molar-refractivity contribution in [2.45, 2.75) is 32.6 Å². The lowest BCUT2D eigenvalue weighted by Gasteiger charge is -2.22. The Balaban J connectivity index is 2.15. The Kier molecular flexibility index (Phi) is 4.12. The molecule has 0 bridgehead atoms. The van der Waals surface area contributed by atoms with E-state index in [1.807, 2.05) is 4.90 Å². The Labute approximate surface area is 106 Å². The molecule has 2 heterocycles. The molecule has 98 valence electrons. The van der Waals surface area contributed by atoms with Gasteiger partial charge in [0.25, 0.3) is 0 Å². The molecule has 5 heteroatoms. The van der Waals surface area contributed by atoms with Gasteiger partial charge in [0, 0.05) is 26.1 Å². The maximum absolute atomic E-state index is 14.0. The van der Waals surface area contributed by atoms with Gasteiger partial charge in [-0.2, -0.15) is 0 Å². The molecule has 0 radical (unpaired) electrons. The largest absolute Gasteiger partial charge is 0.354 e. The number of halogens is 1. The number of rotatable bonds is 2. The highest BCUT2D eigenvalue weighted by Gasteiger charge is 2.15. The topological polar surface area (TPSA) is 45.2 Å². The molecule has 1 saturated heterocycles. The molecule has 1 aliphatic rings. The number of nitrogens with one attached hydrogen (secondary N) is 1. The molecule has 1 aromatic rings. The quantitative estimate of drug-likeness (QED) is 0.878. The van der Waals surface area contributed by atoms with Crippen LogP contribution in [0.4, 0.5) is 15.9 Å². The van der Waals surface area contributed by atoms with Gasteiger partial charge in [-0.15, -0.1) is 0 Å². The fraction of sp³-hybridized carbons (Fsp3) is 0.538. The fourth-order valence-electron chi connectivity index (χ4n) is 2.22. The van der Waals surface area contributed by atoms with Gasteiger partial charge in [0.2, 0.25) is 5.91 Å². The van der Waals surface area contributed by atoms with E-state index in [9.17, 15) is 9.18 Å². The summed E-state index contributed by atoms with van der Waals surface area (Å²) < 4.78 is 14.0. The van der Waals surface area contributed by atoms with Crippen molar-refractivity contribution in [2.75, 3.05) is 23.3 Å². The van der Waals surface area contributed by atoms with Gasteiger partial charge in [0.1, 0.15) is 0 Å². The van der Waals surface area contributed by atoms with Crippen molar-refractivity contribution < 1.29 is 9.18 Å². The highest BCUT2D eigenvalue weighted by atomic mass is 19.1. The van der Waals surface area contributed by atoms with Gasteiger partial charge in [0.05, 0.1) is 11.9 Å². The standard InChI is InChI=1S/C13H18FN3O/c1-10(18)16-11-8-12(14)13(15-9-11)17-6-4-2-3-5-7-17/h8-9H,2-7H2,1H3,(H,16,18). The number of amides is 1. The smallest absolute Gasteiger partial charge is 0.221 e. The minimum absolute atomic E-state index is 0.223. The second kappa shape index (κ2) is 5.80. The van der Waals surface area contributed by atoms with Gasteiger partial charge >= 0.3 is 0 Å². The van der Waals surface area contributed by atoms with Crippen LogP contribution >= 0.6 is 0 Å². The maximum atomic E-state index is 14.0. The predicted octanol–water partition coefficient (Wildman–Crippen LogP) is 2.56.